The van der Waals surface area contributed by atoms with Crippen LogP contribution in [-0.4, -0.2) is 51.8 Å². The summed E-state index contributed by atoms with van der Waals surface area (Å²) in [7, 11) is 1.71. The molecule has 0 radical (unpaired) electrons. The molecular formula is C24H34N3O2+. The number of ether oxygens (including phenoxy) is 1. The molecule has 1 aliphatic heterocycles. The highest BCUT2D eigenvalue weighted by molar-refractivity contribution is 5.80. The second-order valence-corrected chi connectivity index (χ2v) is 7.80. The molecule has 5 nitrogen and oxygen atoms in total. The molecule has 1 amide bonds. The Hall–Kier alpha value is -2.53. The van der Waals surface area contributed by atoms with Crippen LogP contribution in [0, 0.1) is 0 Å². The molecule has 0 unspecified atom stereocenters. The van der Waals surface area contributed by atoms with Gasteiger partial charge in [-0.05, 0) is 31.0 Å². The van der Waals surface area contributed by atoms with Crippen LogP contribution in [-0.2, 0) is 4.79 Å². The van der Waals surface area contributed by atoms with Crippen molar-refractivity contribution >= 4 is 11.6 Å². The van der Waals surface area contributed by atoms with Gasteiger partial charge in [0, 0.05) is 12.5 Å². The monoisotopic (exact) mass is 396 g/mol. The van der Waals surface area contributed by atoms with Crippen molar-refractivity contribution in [2.24, 2.45) is 0 Å². The lowest BCUT2D eigenvalue weighted by Gasteiger charge is -2.36. The standard InChI is InChI=1S/C24H33N3O2/c1-4-20(21-10-6-5-7-11-21)18-25-24(28)19(2)26-14-16-27(17-15-26)22-12-8-9-13-23(22)29-3/h5-13,19-20H,4,14-18H2,1-3H3,(H,25,28)/p+1/t19-,20-/m0/s1. The summed E-state index contributed by atoms with van der Waals surface area (Å²) in [6, 6.07) is 18.6. The van der Waals surface area contributed by atoms with Crippen LogP contribution in [0.2, 0.25) is 0 Å². The van der Waals surface area contributed by atoms with Crippen LogP contribution in [0.25, 0.3) is 0 Å². The normalized spacial score (nSPS) is 16.9. The third kappa shape index (κ3) is 5.30. The van der Waals surface area contributed by atoms with Gasteiger partial charge in [-0.15, -0.1) is 0 Å². The molecule has 1 heterocycles. The van der Waals surface area contributed by atoms with E-state index in [2.05, 4.69) is 47.5 Å². The summed E-state index contributed by atoms with van der Waals surface area (Å²) < 4.78 is 5.50. The number of rotatable bonds is 8. The fourth-order valence-electron chi connectivity index (χ4n) is 4.14. The fourth-order valence-corrected chi connectivity index (χ4v) is 4.14. The lowest BCUT2D eigenvalue weighted by molar-refractivity contribution is -0.914. The summed E-state index contributed by atoms with van der Waals surface area (Å²) in [4.78, 5) is 16.5. The molecule has 0 saturated carbocycles. The van der Waals surface area contributed by atoms with Gasteiger partial charge in [-0.1, -0.05) is 49.4 Å². The Bertz CT molecular complexity index is 773. The molecule has 1 aliphatic rings. The van der Waals surface area contributed by atoms with Crippen LogP contribution in [0.15, 0.2) is 54.6 Å². The average Bonchev–Trinajstić information content (AvgIpc) is 2.79. The van der Waals surface area contributed by atoms with Crippen LogP contribution in [0.3, 0.4) is 0 Å². The van der Waals surface area contributed by atoms with Crippen molar-refractivity contribution < 1.29 is 14.4 Å². The molecule has 29 heavy (non-hydrogen) atoms. The maximum Gasteiger partial charge on any atom is 0.278 e. The summed E-state index contributed by atoms with van der Waals surface area (Å²) >= 11 is 0. The molecule has 1 saturated heterocycles. The highest BCUT2D eigenvalue weighted by Gasteiger charge is 2.30. The van der Waals surface area contributed by atoms with Crippen molar-refractivity contribution in [3.05, 3.63) is 60.2 Å². The Morgan fingerprint density at radius 2 is 1.76 bits per heavy atom. The van der Waals surface area contributed by atoms with Crippen LogP contribution in [0.4, 0.5) is 5.69 Å². The molecule has 2 atom stereocenters. The van der Waals surface area contributed by atoms with Crippen molar-refractivity contribution in [2.45, 2.75) is 32.2 Å². The third-order valence-electron chi connectivity index (χ3n) is 6.12. The highest BCUT2D eigenvalue weighted by Crippen LogP contribution is 2.27. The van der Waals surface area contributed by atoms with E-state index in [4.69, 9.17) is 4.74 Å². The topological polar surface area (TPSA) is 46.0 Å². The number of quaternary nitrogens is 1. The van der Waals surface area contributed by atoms with Gasteiger partial charge in [-0.25, -0.2) is 0 Å². The van der Waals surface area contributed by atoms with Gasteiger partial charge in [0.15, 0.2) is 6.04 Å². The number of hydrogen-bond acceptors (Lipinski definition) is 3. The SMILES string of the molecule is CC[C@@H](CNC(=O)[C@H](C)[NH+]1CCN(c2ccccc2OC)CC1)c1ccccc1. The zero-order valence-corrected chi connectivity index (χ0v) is 17.9. The van der Waals surface area contributed by atoms with Gasteiger partial charge in [0.2, 0.25) is 0 Å². The van der Waals surface area contributed by atoms with Crippen LogP contribution in [0.1, 0.15) is 31.7 Å². The zero-order valence-electron chi connectivity index (χ0n) is 17.9. The van der Waals surface area contributed by atoms with Crippen molar-refractivity contribution in [1.82, 2.24) is 5.32 Å². The Kier molecular flexibility index (Phi) is 7.53. The molecule has 0 spiro atoms. The summed E-state index contributed by atoms with van der Waals surface area (Å²) in [5.74, 6) is 1.43. The fraction of sp³-hybridized carbons (Fsp3) is 0.458. The van der Waals surface area contributed by atoms with Crippen LogP contribution >= 0.6 is 0 Å². The number of hydrogen-bond donors (Lipinski definition) is 2. The summed E-state index contributed by atoms with van der Waals surface area (Å²) in [6.45, 7) is 8.67. The first-order chi connectivity index (χ1) is 14.1. The second kappa shape index (κ2) is 10.3. The lowest BCUT2D eigenvalue weighted by atomic mass is 9.96. The van der Waals surface area contributed by atoms with E-state index in [1.807, 2.05) is 31.2 Å². The number of nitrogens with one attached hydrogen (secondary N) is 2. The van der Waals surface area contributed by atoms with Gasteiger partial charge in [0.1, 0.15) is 5.75 Å². The minimum Gasteiger partial charge on any atom is -0.495 e. The number of amides is 1. The summed E-state index contributed by atoms with van der Waals surface area (Å²) in [5, 5.41) is 3.20. The van der Waals surface area contributed by atoms with Crippen molar-refractivity contribution in [1.29, 1.82) is 0 Å². The second-order valence-electron chi connectivity index (χ2n) is 7.80. The Morgan fingerprint density at radius 3 is 2.41 bits per heavy atom. The van der Waals surface area contributed by atoms with E-state index in [1.54, 1.807) is 7.11 Å². The summed E-state index contributed by atoms with van der Waals surface area (Å²) in [6.07, 6.45) is 1.02. The molecule has 5 heteroatoms. The first-order valence-corrected chi connectivity index (χ1v) is 10.7. The Morgan fingerprint density at radius 1 is 1.10 bits per heavy atom. The van der Waals surface area contributed by atoms with Crippen molar-refractivity contribution in [3.8, 4) is 5.75 Å². The predicted molar refractivity (Wildman–Crippen MR) is 118 cm³/mol. The number of carbonyl (C=O) groups is 1. The molecule has 2 N–H and O–H groups in total. The number of anilines is 1. The number of nitrogens with zero attached hydrogens (tertiary/aromatic N) is 1. The molecule has 0 aliphatic carbocycles. The van der Waals surface area contributed by atoms with Gasteiger partial charge in [-0.3, -0.25) is 4.79 Å². The van der Waals surface area contributed by atoms with Crippen molar-refractivity contribution in [3.63, 3.8) is 0 Å². The smallest absolute Gasteiger partial charge is 0.278 e. The summed E-state index contributed by atoms with van der Waals surface area (Å²) in [5.41, 5.74) is 2.43. The third-order valence-corrected chi connectivity index (χ3v) is 6.12. The van der Waals surface area contributed by atoms with E-state index < -0.39 is 0 Å². The lowest BCUT2D eigenvalue weighted by Crippen LogP contribution is -3.19. The maximum atomic E-state index is 12.8. The zero-order chi connectivity index (χ0) is 20.6. The molecule has 0 aromatic heterocycles. The van der Waals surface area contributed by atoms with E-state index >= 15 is 0 Å². The van der Waals surface area contributed by atoms with Gasteiger partial charge < -0.3 is 19.9 Å². The van der Waals surface area contributed by atoms with Crippen LogP contribution < -0.4 is 19.9 Å². The average molecular weight is 397 g/mol. The minimum absolute atomic E-state index is 0.0388. The molecule has 156 valence electrons. The van der Waals surface area contributed by atoms with Gasteiger partial charge in [0.05, 0.1) is 39.0 Å². The number of carbonyl (C=O) groups excluding carboxylic acids is 1. The van der Waals surface area contributed by atoms with E-state index in [-0.39, 0.29) is 11.9 Å². The van der Waals surface area contributed by atoms with Crippen molar-refractivity contribution in [2.75, 3.05) is 44.7 Å². The largest absolute Gasteiger partial charge is 0.495 e. The number of benzene rings is 2. The highest BCUT2D eigenvalue weighted by atomic mass is 16.5. The molecular weight excluding hydrogens is 362 g/mol. The first-order valence-electron chi connectivity index (χ1n) is 10.7. The maximum absolute atomic E-state index is 12.8. The molecule has 3 rings (SSSR count). The quantitative estimate of drug-likeness (QED) is 0.718. The number of methoxy groups -OCH3 is 1. The van der Waals surface area contributed by atoms with Gasteiger partial charge in [0.25, 0.3) is 5.91 Å². The number of para-hydroxylation sites is 2. The van der Waals surface area contributed by atoms with E-state index in [9.17, 15) is 4.79 Å². The van der Waals surface area contributed by atoms with Crippen LogP contribution in [0.5, 0.6) is 5.75 Å². The van der Waals surface area contributed by atoms with Gasteiger partial charge in [-0.2, -0.15) is 0 Å². The molecule has 0 bridgehead atoms. The molecule has 2 aromatic rings. The van der Waals surface area contributed by atoms with Gasteiger partial charge >= 0.3 is 0 Å². The number of piperazine rings is 1. The molecule has 1 fully saturated rings. The van der Waals surface area contributed by atoms with E-state index in [1.165, 1.54) is 10.5 Å². The Labute approximate surface area is 174 Å². The van der Waals surface area contributed by atoms with E-state index in [0.717, 1.165) is 44.0 Å². The first kappa shape index (κ1) is 21.2. The predicted octanol–water partition coefficient (Wildman–Crippen LogP) is 2.10. The van der Waals surface area contributed by atoms with E-state index in [0.29, 0.717) is 12.5 Å². The minimum atomic E-state index is -0.0388. The molecule has 2 aromatic carbocycles. The Balaban J connectivity index is 1.51.